The van der Waals surface area contributed by atoms with Gasteiger partial charge in [0.05, 0.1) is 30.6 Å². The second-order valence-electron chi connectivity index (χ2n) is 5.21. The van der Waals surface area contributed by atoms with Gasteiger partial charge in [0, 0.05) is 23.1 Å². The van der Waals surface area contributed by atoms with E-state index in [4.69, 9.17) is 9.84 Å². The van der Waals surface area contributed by atoms with Crippen LogP contribution in [0.3, 0.4) is 0 Å². The van der Waals surface area contributed by atoms with Crippen LogP contribution in [0.1, 0.15) is 22.5 Å². The Morgan fingerprint density at radius 1 is 1.26 bits per heavy atom. The molecule has 7 heteroatoms. The number of nitrogens with one attached hydrogen (secondary N) is 1. The quantitative estimate of drug-likeness (QED) is 0.700. The lowest BCUT2D eigenvalue weighted by Crippen LogP contribution is -1.98. The number of nitrogens with zero attached hydrogens (tertiary/aromatic N) is 3. The van der Waals surface area contributed by atoms with E-state index < -0.39 is 0 Å². The Kier molecular flexibility index (Phi) is 4.49. The van der Waals surface area contributed by atoms with E-state index in [0.29, 0.717) is 17.1 Å². The van der Waals surface area contributed by atoms with Gasteiger partial charge in [0.15, 0.2) is 10.8 Å². The standard InChI is InChI=1S/C16H18N4O2S/c1-9-6-17-13(10(2)14(9)22-3)8-23-16-19-12-5-4-11(7-21)18-15(12)20-16/h4-6,21H,7-8H2,1-3H3,(H,18,19,20). The lowest BCUT2D eigenvalue weighted by atomic mass is 10.1. The summed E-state index contributed by atoms with van der Waals surface area (Å²) >= 11 is 1.56. The van der Waals surface area contributed by atoms with Gasteiger partial charge in [-0.15, -0.1) is 0 Å². The number of rotatable bonds is 5. The van der Waals surface area contributed by atoms with E-state index in [2.05, 4.69) is 19.9 Å². The molecule has 0 amide bonds. The molecular weight excluding hydrogens is 312 g/mol. The molecule has 0 bridgehead atoms. The number of pyridine rings is 2. The van der Waals surface area contributed by atoms with Crippen molar-refractivity contribution >= 4 is 22.9 Å². The summed E-state index contributed by atoms with van der Waals surface area (Å²) in [5.41, 5.74) is 5.14. The fourth-order valence-corrected chi connectivity index (χ4v) is 3.32. The molecule has 0 radical (unpaired) electrons. The molecule has 120 valence electrons. The van der Waals surface area contributed by atoms with Crippen LogP contribution in [0.15, 0.2) is 23.5 Å². The number of hydrogen-bond donors (Lipinski definition) is 2. The summed E-state index contributed by atoms with van der Waals surface area (Å²) in [6.45, 7) is 3.92. The van der Waals surface area contributed by atoms with E-state index in [0.717, 1.165) is 33.2 Å². The molecule has 0 saturated heterocycles. The van der Waals surface area contributed by atoms with Crippen LogP contribution in [0.5, 0.6) is 5.75 Å². The lowest BCUT2D eigenvalue weighted by Gasteiger charge is -2.11. The fraction of sp³-hybridized carbons (Fsp3) is 0.312. The van der Waals surface area contributed by atoms with Crippen LogP contribution in [0, 0.1) is 13.8 Å². The highest BCUT2D eigenvalue weighted by Crippen LogP contribution is 2.28. The van der Waals surface area contributed by atoms with E-state index in [-0.39, 0.29) is 6.61 Å². The van der Waals surface area contributed by atoms with Crippen molar-refractivity contribution in [3.8, 4) is 5.75 Å². The number of thioether (sulfide) groups is 1. The second-order valence-corrected chi connectivity index (χ2v) is 6.17. The van der Waals surface area contributed by atoms with E-state index in [9.17, 15) is 0 Å². The predicted octanol–water partition coefficient (Wildman–Crippen LogP) is 2.76. The highest BCUT2D eigenvalue weighted by Gasteiger charge is 2.11. The highest BCUT2D eigenvalue weighted by molar-refractivity contribution is 7.98. The third-order valence-electron chi connectivity index (χ3n) is 3.64. The summed E-state index contributed by atoms with van der Waals surface area (Å²) in [6, 6.07) is 3.66. The van der Waals surface area contributed by atoms with Gasteiger partial charge in [-0.1, -0.05) is 11.8 Å². The SMILES string of the molecule is COc1c(C)cnc(CSc2nc3nc(CO)ccc3[nH]2)c1C. The number of aryl methyl sites for hydroxylation is 1. The Morgan fingerprint density at radius 3 is 2.83 bits per heavy atom. The van der Waals surface area contributed by atoms with Gasteiger partial charge in [-0.3, -0.25) is 4.98 Å². The molecule has 3 aromatic rings. The summed E-state index contributed by atoms with van der Waals surface area (Å²) < 4.78 is 5.44. The Balaban J connectivity index is 1.81. The number of methoxy groups -OCH3 is 1. The zero-order valence-corrected chi connectivity index (χ0v) is 14.1. The number of H-pyrrole nitrogens is 1. The molecule has 2 N–H and O–H groups in total. The summed E-state index contributed by atoms with van der Waals surface area (Å²) in [7, 11) is 1.68. The number of aliphatic hydroxyl groups excluding tert-OH is 1. The van der Waals surface area contributed by atoms with Gasteiger partial charge in [-0.05, 0) is 26.0 Å². The summed E-state index contributed by atoms with van der Waals surface area (Å²) in [6.07, 6.45) is 1.83. The second kappa shape index (κ2) is 6.55. The minimum absolute atomic E-state index is 0.0858. The third kappa shape index (κ3) is 3.16. The third-order valence-corrected chi connectivity index (χ3v) is 4.52. The Labute approximate surface area is 138 Å². The van der Waals surface area contributed by atoms with Gasteiger partial charge in [-0.25, -0.2) is 9.97 Å². The van der Waals surface area contributed by atoms with E-state index in [1.807, 2.05) is 26.1 Å². The molecule has 0 spiro atoms. The van der Waals surface area contributed by atoms with E-state index >= 15 is 0 Å². The predicted molar refractivity (Wildman–Crippen MR) is 89.6 cm³/mol. The first kappa shape index (κ1) is 15.8. The maximum absolute atomic E-state index is 9.13. The molecule has 0 atom stereocenters. The van der Waals surface area contributed by atoms with Crippen molar-refractivity contribution in [2.75, 3.05) is 7.11 Å². The molecule has 0 aliphatic carbocycles. The van der Waals surface area contributed by atoms with E-state index in [1.165, 1.54) is 0 Å². The van der Waals surface area contributed by atoms with Crippen molar-refractivity contribution in [1.82, 2.24) is 19.9 Å². The molecule has 0 fully saturated rings. The Bertz CT molecular complexity index is 847. The number of ether oxygens (including phenoxy) is 1. The largest absolute Gasteiger partial charge is 0.496 e. The molecule has 6 nitrogen and oxygen atoms in total. The number of fused-ring (bicyclic) bond motifs is 1. The van der Waals surface area contributed by atoms with Gasteiger partial charge in [0.25, 0.3) is 0 Å². The highest BCUT2D eigenvalue weighted by atomic mass is 32.2. The van der Waals surface area contributed by atoms with Crippen LogP contribution >= 0.6 is 11.8 Å². The number of imidazole rings is 1. The molecular formula is C16H18N4O2S. The smallest absolute Gasteiger partial charge is 0.178 e. The molecule has 3 heterocycles. The van der Waals surface area contributed by atoms with Crippen LogP contribution in [0.2, 0.25) is 0 Å². The topological polar surface area (TPSA) is 83.9 Å². The van der Waals surface area contributed by atoms with Crippen LogP contribution < -0.4 is 4.74 Å². The van der Waals surface area contributed by atoms with Gasteiger partial charge < -0.3 is 14.8 Å². The number of aromatic amines is 1. The van der Waals surface area contributed by atoms with Gasteiger partial charge in [-0.2, -0.15) is 0 Å². The maximum atomic E-state index is 9.13. The zero-order chi connectivity index (χ0) is 16.4. The van der Waals surface area contributed by atoms with Gasteiger partial charge >= 0.3 is 0 Å². The fourth-order valence-electron chi connectivity index (χ4n) is 2.42. The van der Waals surface area contributed by atoms with Gasteiger partial charge in [0.1, 0.15) is 5.75 Å². The summed E-state index contributed by atoms with van der Waals surface area (Å²) in [5.74, 6) is 1.57. The summed E-state index contributed by atoms with van der Waals surface area (Å²) in [5, 5.41) is 9.91. The normalized spacial score (nSPS) is 11.1. The summed E-state index contributed by atoms with van der Waals surface area (Å²) in [4.78, 5) is 16.5. The van der Waals surface area contributed by atoms with Crippen LogP contribution in [0.25, 0.3) is 11.2 Å². The van der Waals surface area contributed by atoms with Crippen molar-refractivity contribution in [2.24, 2.45) is 0 Å². The van der Waals surface area contributed by atoms with Crippen molar-refractivity contribution in [3.05, 3.63) is 40.8 Å². The molecule has 3 aromatic heterocycles. The van der Waals surface area contributed by atoms with Crippen molar-refractivity contribution in [2.45, 2.75) is 31.4 Å². The van der Waals surface area contributed by atoms with Crippen molar-refractivity contribution in [1.29, 1.82) is 0 Å². The Morgan fingerprint density at radius 2 is 2.09 bits per heavy atom. The molecule has 0 aliphatic heterocycles. The molecule has 23 heavy (non-hydrogen) atoms. The minimum Gasteiger partial charge on any atom is -0.496 e. The first-order valence-corrected chi connectivity index (χ1v) is 8.19. The first-order chi connectivity index (χ1) is 11.1. The van der Waals surface area contributed by atoms with Crippen molar-refractivity contribution in [3.63, 3.8) is 0 Å². The number of aliphatic hydroxyl groups is 1. The average Bonchev–Trinajstić information content (AvgIpc) is 2.96. The van der Waals surface area contributed by atoms with Crippen LogP contribution in [-0.4, -0.2) is 32.2 Å². The lowest BCUT2D eigenvalue weighted by molar-refractivity contribution is 0.277. The van der Waals surface area contributed by atoms with Gasteiger partial charge in [0.2, 0.25) is 0 Å². The first-order valence-electron chi connectivity index (χ1n) is 7.20. The zero-order valence-electron chi connectivity index (χ0n) is 13.3. The monoisotopic (exact) mass is 330 g/mol. The number of hydrogen-bond acceptors (Lipinski definition) is 6. The van der Waals surface area contributed by atoms with Crippen LogP contribution in [-0.2, 0) is 12.4 Å². The van der Waals surface area contributed by atoms with E-state index in [1.54, 1.807) is 24.9 Å². The number of aromatic nitrogens is 4. The van der Waals surface area contributed by atoms with Crippen molar-refractivity contribution < 1.29 is 9.84 Å². The Hall–Kier alpha value is -2.12. The average molecular weight is 330 g/mol. The molecule has 0 aromatic carbocycles. The van der Waals surface area contributed by atoms with Crippen LogP contribution in [0.4, 0.5) is 0 Å². The molecule has 0 saturated carbocycles. The molecule has 3 rings (SSSR count). The molecule has 0 unspecified atom stereocenters. The maximum Gasteiger partial charge on any atom is 0.178 e. The molecule has 0 aliphatic rings. The minimum atomic E-state index is -0.0858.